The lowest BCUT2D eigenvalue weighted by molar-refractivity contribution is 0.562. The molecule has 2 rings (SSSR count). The quantitative estimate of drug-likeness (QED) is 0.592. The Morgan fingerprint density at radius 3 is 2.25 bits per heavy atom. The van der Waals surface area contributed by atoms with Gasteiger partial charge in [-0.1, -0.05) is 26.0 Å². The normalized spacial score (nSPS) is 29.4. The topological polar surface area (TPSA) is 12.0 Å². The molecule has 1 saturated carbocycles. The Morgan fingerprint density at radius 2 is 2.00 bits per heavy atom. The molecule has 1 heterocycles. The van der Waals surface area contributed by atoms with Crippen LogP contribution in [0.1, 0.15) is 40.0 Å². The molecular weight excluding hydrogens is 146 g/mol. The summed E-state index contributed by atoms with van der Waals surface area (Å²) in [4.78, 5) is 0. The maximum atomic E-state index is 3.97. The Morgan fingerprint density at radius 1 is 1.42 bits per heavy atom. The summed E-state index contributed by atoms with van der Waals surface area (Å²) in [5.74, 6) is 0. The van der Waals surface area contributed by atoms with Gasteiger partial charge in [0.05, 0.1) is 0 Å². The van der Waals surface area contributed by atoms with E-state index < -0.39 is 0 Å². The summed E-state index contributed by atoms with van der Waals surface area (Å²) in [5, 5.41) is 3.51. The third-order valence-corrected chi connectivity index (χ3v) is 2.91. The molecule has 2 fully saturated rings. The first kappa shape index (κ1) is 9.79. The fourth-order valence-electron chi connectivity index (χ4n) is 1.82. The number of hydrogen-bond donors (Lipinski definition) is 1. The Balaban J connectivity index is 0.000000336. The maximum absolute atomic E-state index is 3.97. The van der Waals surface area contributed by atoms with Crippen LogP contribution in [0.3, 0.4) is 0 Å². The molecule has 2 aliphatic rings. The van der Waals surface area contributed by atoms with Gasteiger partial charge in [0.1, 0.15) is 0 Å². The van der Waals surface area contributed by atoms with Crippen LogP contribution >= 0.6 is 0 Å². The second kappa shape index (κ2) is 3.61. The van der Waals surface area contributed by atoms with Gasteiger partial charge in [0.15, 0.2) is 0 Å². The summed E-state index contributed by atoms with van der Waals surface area (Å²) < 4.78 is 0. The number of nitrogens with one attached hydrogen (secondary N) is 1. The standard InChI is InChI=1S/C9H15N.C2H6/c1-7(2)8-5-9(3-4-9)6-10-8;1-2/h8,10H,1,3-6H2,2H3;1-2H3. The molecule has 1 heteroatoms. The fourth-order valence-corrected chi connectivity index (χ4v) is 1.82. The van der Waals surface area contributed by atoms with Gasteiger partial charge in [-0.3, -0.25) is 0 Å². The highest BCUT2D eigenvalue weighted by molar-refractivity contribution is 5.13. The van der Waals surface area contributed by atoms with E-state index in [1.807, 2.05) is 13.8 Å². The van der Waals surface area contributed by atoms with Crippen molar-refractivity contribution in [1.29, 1.82) is 0 Å². The third kappa shape index (κ3) is 1.89. The zero-order chi connectivity index (χ0) is 9.19. The van der Waals surface area contributed by atoms with Gasteiger partial charge in [-0.2, -0.15) is 0 Å². The second-order valence-electron chi connectivity index (χ2n) is 3.98. The largest absolute Gasteiger partial charge is 0.310 e. The van der Waals surface area contributed by atoms with Crippen molar-refractivity contribution in [2.24, 2.45) is 5.41 Å². The predicted molar refractivity (Wildman–Crippen MR) is 54.2 cm³/mol. The summed E-state index contributed by atoms with van der Waals surface area (Å²) in [7, 11) is 0. The highest BCUT2D eigenvalue weighted by Crippen LogP contribution is 2.52. The van der Waals surface area contributed by atoms with Crippen LogP contribution in [0, 0.1) is 5.41 Å². The molecule has 70 valence electrons. The lowest BCUT2D eigenvalue weighted by Gasteiger charge is -2.08. The highest BCUT2D eigenvalue weighted by Gasteiger charge is 2.48. The van der Waals surface area contributed by atoms with Crippen molar-refractivity contribution in [2.75, 3.05) is 6.54 Å². The van der Waals surface area contributed by atoms with E-state index >= 15 is 0 Å². The Labute approximate surface area is 76.2 Å². The van der Waals surface area contributed by atoms with Crippen LogP contribution in [0.2, 0.25) is 0 Å². The molecule has 0 aromatic rings. The minimum absolute atomic E-state index is 0.627. The number of hydrogen-bond acceptors (Lipinski definition) is 1. The molecule has 0 aromatic heterocycles. The molecule has 1 nitrogen and oxygen atoms in total. The fraction of sp³-hybridized carbons (Fsp3) is 0.818. The molecule has 1 spiro atoms. The molecule has 0 radical (unpaired) electrons. The average molecular weight is 167 g/mol. The zero-order valence-electron chi connectivity index (χ0n) is 8.61. The molecule has 1 aliphatic carbocycles. The second-order valence-corrected chi connectivity index (χ2v) is 3.98. The SMILES string of the molecule is C=C(C)C1CC2(CC2)CN1.CC. The van der Waals surface area contributed by atoms with Crippen molar-refractivity contribution in [3.8, 4) is 0 Å². The lowest BCUT2D eigenvalue weighted by atomic mass is 10.00. The molecule has 0 amide bonds. The van der Waals surface area contributed by atoms with Crippen molar-refractivity contribution in [3.63, 3.8) is 0 Å². The van der Waals surface area contributed by atoms with Gasteiger partial charge in [0.2, 0.25) is 0 Å². The van der Waals surface area contributed by atoms with Crippen LogP contribution in [-0.2, 0) is 0 Å². The molecule has 1 saturated heterocycles. The summed E-state index contributed by atoms with van der Waals surface area (Å²) >= 11 is 0. The number of rotatable bonds is 1. The zero-order valence-corrected chi connectivity index (χ0v) is 8.61. The molecule has 0 aromatic carbocycles. The Hall–Kier alpha value is -0.300. The molecule has 1 N–H and O–H groups in total. The summed E-state index contributed by atoms with van der Waals surface area (Å²) in [6, 6.07) is 0.627. The average Bonchev–Trinajstić information content (AvgIpc) is 2.65. The smallest absolute Gasteiger partial charge is 0.0280 e. The van der Waals surface area contributed by atoms with E-state index in [1.165, 1.54) is 31.4 Å². The molecule has 0 bridgehead atoms. The third-order valence-electron chi connectivity index (χ3n) is 2.91. The maximum Gasteiger partial charge on any atom is 0.0280 e. The molecular formula is C11H21N. The van der Waals surface area contributed by atoms with Gasteiger partial charge in [-0.15, -0.1) is 0 Å². The predicted octanol–water partition coefficient (Wildman–Crippen LogP) is 2.73. The van der Waals surface area contributed by atoms with Crippen molar-refractivity contribution in [2.45, 2.75) is 46.1 Å². The van der Waals surface area contributed by atoms with Crippen LogP contribution in [0.4, 0.5) is 0 Å². The molecule has 1 unspecified atom stereocenters. The van der Waals surface area contributed by atoms with Gasteiger partial charge < -0.3 is 5.32 Å². The Kier molecular flexibility index (Phi) is 2.94. The van der Waals surface area contributed by atoms with Crippen molar-refractivity contribution < 1.29 is 0 Å². The summed E-state index contributed by atoms with van der Waals surface area (Å²) in [6.45, 7) is 11.3. The minimum Gasteiger partial charge on any atom is -0.310 e. The Bertz CT molecular complexity index is 168. The van der Waals surface area contributed by atoms with Crippen molar-refractivity contribution in [1.82, 2.24) is 5.32 Å². The summed E-state index contributed by atoms with van der Waals surface area (Å²) in [5.41, 5.74) is 2.03. The van der Waals surface area contributed by atoms with Gasteiger partial charge in [-0.05, 0) is 31.6 Å². The highest BCUT2D eigenvalue weighted by atomic mass is 15.0. The molecule has 12 heavy (non-hydrogen) atoms. The van der Waals surface area contributed by atoms with E-state index in [-0.39, 0.29) is 0 Å². The van der Waals surface area contributed by atoms with Crippen LogP contribution in [0.15, 0.2) is 12.2 Å². The van der Waals surface area contributed by atoms with Gasteiger partial charge in [0.25, 0.3) is 0 Å². The van der Waals surface area contributed by atoms with Crippen molar-refractivity contribution in [3.05, 3.63) is 12.2 Å². The summed E-state index contributed by atoms with van der Waals surface area (Å²) in [6.07, 6.45) is 4.25. The first-order chi connectivity index (χ1) is 5.72. The lowest BCUT2D eigenvalue weighted by Crippen LogP contribution is -2.21. The van der Waals surface area contributed by atoms with Gasteiger partial charge in [-0.25, -0.2) is 0 Å². The van der Waals surface area contributed by atoms with Crippen LogP contribution in [0.25, 0.3) is 0 Å². The molecule has 1 atom stereocenters. The van der Waals surface area contributed by atoms with Crippen LogP contribution in [0.5, 0.6) is 0 Å². The van der Waals surface area contributed by atoms with E-state index in [9.17, 15) is 0 Å². The minimum atomic E-state index is 0.627. The van der Waals surface area contributed by atoms with E-state index in [0.29, 0.717) is 6.04 Å². The van der Waals surface area contributed by atoms with Crippen LogP contribution < -0.4 is 5.32 Å². The van der Waals surface area contributed by atoms with Crippen molar-refractivity contribution >= 4 is 0 Å². The van der Waals surface area contributed by atoms with E-state index in [4.69, 9.17) is 0 Å². The van der Waals surface area contributed by atoms with E-state index in [1.54, 1.807) is 0 Å². The first-order valence-corrected chi connectivity index (χ1v) is 5.11. The van der Waals surface area contributed by atoms with Crippen LogP contribution in [-0.4, -0.2) is 12.6 Å². The van der Waals surface area contributed by atoms with Gasteiger partial charge in [0, 0.05) is 12.6 Å². The van der Waals surface area contributed by atoms with E-state index in [2.05, 4.69) is 18.8 Å². The van der Waals surface area contributed by atoms with E-state index in [0.717, 1.165) is 5.41 Å². The first-order valence-electron chi connectivity index (χ1n) is 5.11. The molecule has 1 aliphatic heterocycles. The van der Waals surface area contributed by atoms with Gasteiger partial charge >= 0.3 is 0 Å². The monoisotopic (exact) mass is 167 g/mol.